The van der Waals surface area contributed by atoms with Crippen LogP contribution in [0, 0.1) is 6.92 Å². The van der Waals surface area contributed by atoms with Crippen molar-refractivity contribution in [1.82, 2.24) is 10.2 Å². The van der Waals surface area contributed by atoms with Gasteiger partial charge in [0.2, 0.25) is 5.91 Å². The van der Waals surface area contributed by atoms with E-state index in [0.29, 0.717) is 11.3 Å². The summed E-state index contributed by atoms with van der Waals surface area (Å²) in [6.45, 7) is 11.8. The van der Waals surface area contributed by atoms with Gasteiger partial charge < -0.3 is 25.4 Å². The molecule has 208 valence electrons. The molecule has 0 heterocycles. The van der Waals surface area contributed by atoms with E-state index in [-0.39, 0.29) is 0 Å². The van der Waals surface area contributed by atoms with Crippen molar-refractivity contribution in [3.8, 4) is 0 Å². The van der Waals surface area contributed by atoms with Crippen LogP contribution < -0.4 is 10.6 Å². The summed E-state index contributed by atoms with van der Waals surface area (Å²) in [5, 5.41) is 17.6. The number of amides is 3. The first-order chi connectivity index (χ1) is 18.2. The molecule has 3 rings (SSSR count). The maximum Gasteiger partial charge on any atom is 0.408 e. The van der Waals surface area contributed by atoms with Gasteiger partial charge in [-0.2, -0.15) is 0 Å². The molecule has 2 unspecified atom stereocenters. The average Bonchev–Trinajstić information content (AvgIpc) is 2.83. The Bertz CT molecular complexity index is 1340. The number of aliphatic hydroxyl groups excluding tert-OH is 1. The first-order valence-electron chi connectivity index (χ1n) is 13.0. The normalized spacial score (nSPS) is 13.3. The smallest absolute Gasteiger partial charge is 0.408 e. The summed E-state index contributed by atoms with van der Waals surface area (Å²) in [6.07, 6.45) is -0.837. The minimum atomic E-state index is -1.32. The van der Waals surface area contributed by atoms with E-state index in [0.717, 1.165) is 16.3 Å². The molecule has 8 heteroatoms. The molecule has 39 heavy (non-hydrogen) atoms. The molecule has 0 spiro atoms. The number of fused-ring (bicyclic) bond motifs is 1. The summed E-state index contributed by atoms with van der Waals surface area (Å²) in [5.41, 5.74) is 0.451. The van der Waals surface area contributed by atoms with Gasteiger partial charge in [0.1, 0.15) is 17.7 Å². The van der Waals surface area contributed by atoms with Gasteiger partial charge in [-0.05, 0) is 76.9 Å². The molecule has 3 N–H and O–H groups in total. The monoisotopic (exact) mass is 533 g/mol. The fourth-order valence-corrected chi connectivity index (χ4v) is 4.38. The Hall–Kier alpha value is -3.91. The van der Waals surface area contributed by atoms with E-state index in [2.05, 4.69) is 10.6 Å². The lowest BCUT2D eigenvalue weighted by Crippen LogP contribution is -2.59. The van der Waals surface area contributed by atoms with E-state index in [1.165, 1.54) is 4.90 Å². The second kappa shape index (κ2) is 11.9. The number of rotatable bonds is 7. The van der Waals surface area contributed by atoms with E-state index >= 15 is 0 Å². The van der Waals surface area contributed by atoms with E-state index in [1.807, 2.05) is 67.6 Å². The quantitative estimate of drug-likeness (QED) is 0.380. The van der Waals surface area contributed by atoms with Gasteiger partial charge in [-0.15, -0.1) is 0 Å². The summed E-state index contributed by atoms with van der Waals surface area (Å²) >= 11 is 0. The van der Waals surface area contributed by atoms with Crippen molar-refractivity contribution in [2.24, 2.45) is 0 Å². The number of alkyl carbamates (subject to hydrolysis) is 1. The third kappa shape index (κ3) is 7.80. The first kappa shape index (κ1) is 29.6. The highest BCUT2D eigenvalue weighted by Crippen LogP contribution is 2.32. The fourth-order valence-electron chi connectivity index (χ4n) is 4.38. The van der Waals surface area contributed by atoms with Crippen LogP contribution in [0.3, 0.4) is 0 Å². The molecule has 8 nitrogen and oxygen atoms in total. The van der Waals surface area contributed by atoms with Gasteiger partial charge in [0.05, 0.1) is 6.61 Å². The minimum absolute atomic E-state index is 0.423. The van der Waals surface area contributed by atoms with Crippen molar-refractivity contribution in [3.63, 3.8) is 0 Å². The van der Waals surface area contributed by atoms with Gasteiger partial charge in [0, 0.05) is 11.2 Å². The SMILES string of the molecule is Cc1cccc(C(C(=O)Nc2ccc3ccccc3c2)N(C(=O)C(CO)NC(=O)OC(C)(C)C)C(C)(C)C)c1. The van der Waals surface area contributed by atoms with Crippen molar-refractivity contribution in [1.29, 1.82) is 0 Å². The van der Waals surface area contributed by atoms with Gasteiger partial charge in [-0.3, -0.25) is 9.59 Å². The number of nitrogens with one attached hydrogen (secondary N) is 2. The van der Waals surface area contributed by atoms with Crippen LogP contribution in [0.1, 0.15) is 58.7 Å². The number of carbonyl (C=O) groups excluding carboxylic acids is 3. The zero-order valence-corrected chi connectivity index (χ0v) is 23.7. The molecule has 3 aromatic carbocycles. The zero-order valence-electron chi connectivity index (χ0n) is 23.7. The maximum atomic E-state index is 14.0. The van der Waals surface area contributed by atoms with Gasteiger partial charge in [0.15, 0.2) is 0 Å². The molecule has 3 aromatic rings. The van der Waals surface area contributed by atoms with Crippen molar-refractivity contribution >= 4 is 34.4 Å². The Balaban J connectivity index is 2.03. The number of aliphatic hydroxyl groups is 1. The van der Waals surface area contributed by atoms with Crippen LogP contribution in [0.25, 0.3) is 10.8 Å². The van der Waals surface area contributed by atoms with E-state index in [1.54, 1.807) is 47.6 Å². The van der Waals surface area contributed by atoms with Gasteiger partial charge in [-0.25, -0.2) is 4.79 Å². The largest absolute Gasteiger partial charge is 0.444 e. The van der Waals surface area contributed by atoms with Crippen LogP contribution in [-0.4, -0.2) is 51.7 Å². The standard InChI is InChI=1S/C31H39N3O5/c1-20-11-10-14-23(17-20)26(27(36)32-24-16-15-21-12-8-9-13-22(21)18-24)34(30(2,3)4)28(37)25(19-35)33-29(38)39-31(5,6)7/h8-18,25-26,35H,19H2,1-7H3,(H,32,36)(H,33,38). The molecular weight excluding hydrogens is 494 g/mol. The molecule has 0 saturated heterocycles. The van der Waals surface area contributed by atoms with Crippen LogP contribution in [0.2, 0.25) is 0 Å². The van der Waals surface area contributed by atoms with Crippen molar-refractivity contribution in [3.05, 3.63) is 77.9 Å². The zero-order chi connectivity index (χ0) is 29.0. The summed E-state index contributed by atoms with van der Waals surface area (Å²) in [6, 6.07) is 18.4. The minimum Gasteiger partial charge on any atom is -0.444 e. The number of nitrogens with zero attached hydrogens (tertiary/aromatic N) is 1. The number of ether oxygens (including phenoxy) is 1. The lowest BCUT2D eigenvalue weighted by molar-refractivity contribution is -0.147. The third-order valence-corrected chi connectivity index (χ3v) is 6.01. The van der Waals surface area contributed by atoms with Crippen LogP contribution >= 0.6 is 0 Å². The Labute approximate surface area is 230 Å². The first-order valence-corrected chi connectivity index (χ1v) is 13.0. The lowest BCUT2D eigenvalue weighted by atomic mass is 9.94. The molecule has 0 aliphatic carbocycles. The summed E-state index contributed by atoms with van der Waals surface area (Å²) in [7, 11) is 0. The average molecular weight is 534 g/mol. The van der Waals surface area contributed by atoms with Gasteiger partial charge >= 0.3 is 6.09 Å². The topological polar surface area (TPSA) is 108 Å². The molecule has 0 saturated carbocycles. The van der Waals surface area contributed by atoms with Crippen molar-refractivity contribution in [2.45, 2.75) is 71.7 Å². The van der Waals surface area contributed by atoms with Gasteiger partial charge in [0.25, 0.3) is 5.91 Å². The number of benzene rings is 3. The molecule has 2 atom stereocenters. The highest BCUT2D eigenvalue weighted by molar-refractivity contribution is 6.00. The number of anilines is 1. The summed E-state index contributed by atoms with van der Waals surface area (Å²) in [4.78, 5) is 41.9. The highest BCUT2D eigenvalue weighted by atomic mass is 16.6. The molecule has 0 bridgehead atoms. The molecule has 0 radical (unpaired) electrons. The number of aryl methyl sites for hydroxylation is 1. The number of hydrogen-bond donors (Lipinski definition) is 3. The second-order valence-corrected chi connectivity index (χ2v) is 11.6. The third-order valence-electron chi connectivity index (χ3n) is 6.01. The molecule has 0 aliphatic heterocycles. The van der Waals surface area contributed by atoms with E-state index in [4.69, 9.17) is 4.74 Å². The Morgan fingerprint density at radius 1 is 0.897 bits per heavy atom. The molecule has 0 aliphatic rings. The van der Waals surface area contributed by atoms with Crippen molar-refractivity contribution in [2.75, 3.05) is 11.9 Å². The van der Waals surface area contributed by atoms with Crippen LogP contribution in [0.4, 0.5) is 10.5 Å². The molecule has 3 amide bonds. The second-order valence-electron chi connectivity index (χ2n) is 11.6. The Kier molecular flexibility index (Phi) is 9.02. The predicted octanol–water partition coefficient (Wildman–Crippen LogP) is 5.34. The molecular formula is C31H39N3O5. The van der Waals surface area contributed by atoms with Crippen LogP contribution in [0.5, 0.6) is 0 Å². The summed E-state index contributed by atoms with van der Waals surface area (Å²) < 4.78 is 5.30. The van der Waals surface area contributed by atoms with Crippen LogP contribution in [-0.2, 0) is 14.3 Å². The Morgan fingerprint density at radius 2 is 1.56 bits per heavy atom. The highest BCUT2D eigenvalue weighted by Gasteiger charge is 2.42. The molecule has 0 aromatic heterocycles. The van der Waals surface area contributed by atoms with E-state index < -0.39 is 47.7 Å². The van der Waals surface area contributed by atoms with Gasteiger partial charge in [-0.1, -0.05) is 60.2 Å². The molecule has 0 fully saturated rings. The maximum absolute atomic E-state index is 14.0. The van der Waals surface area contributed by atoms with Crippen LogP contribution in [0.15, 0.2) is 66.7 Å². The number of hydrogen-bond acceptors (Lipinski definition) is 5. The van der Waals surface area contributed by atoms with E-state index in [9.17, 15) is 19.5 Å². The lowest BCUT2D eigenvalue weighted by Gasteiger charge is -2.42. The predicted molar refractivity (Wildman–Crippen MR) is 153 cm³/mol. The summed E-state index contributed by atoms with van der Waals surface area (Å²) in [5.74, 6) is -1.04. The number of carbonyl (C=O) groups is 3. The Morgan fingerprint density at radius 3 is 2.15 bits per heavy atom. The fraction of sp³-hybridized carbons (Fsp3) is 0.387. The van der Waals surface area contributed by atoms with Crippen molar-refractivity contribution < 1.29 is 24.2 Å².